The minimum Gasteiger partial charge on any atom is -0.384 e. The molecule has 1 nitrogen and oxygen atoms in total. The van der Waals surface area contributed by atoms with Crippen LogP contribution in [-0.2, 0) is 5.60 Å². The maximum Gasteiger partial charge on any atom is 0.100 e. The van der Waals surface area contributed by atoms with Crippen molar-refractivity contribution in [2.75, 3.05) is 0 Å². The Kier molecular flexibility index (Phi) is 3.93. The van der Waals surface area contributed by atoms with Crippen molar-refractivity contribution in [1.82, 2.24) is 0 Å². The lowest BCUT2D eigenvalue weighted by atomic mass is 9.76. The van der Waals surface area contributed by atoms with Crippen molar-refractivity contribution in [3.63, 3.8) is 0 Å². The van der Waals surface area contributed by atoms with Gasteiger partial charge in [0.25, 0.3) is 0 Å². The lowest BCUT2D eigenvalue weighted by Crippen LogP contribution is -2.30. The molecule has 0 aliphatic heterocycles. The number of thiophene rings is 1. The minimum atomic E-state index is -0.643. The van der Waals surface area contributed by atoms with Gasteiger partial charge in [-0.3, -0.25) is 0 Å². The SMILES string of the molecule is CCCC1CCC(O)(c2sccc2Cl)CC1. The quantitative estimate of drug-likeness (QED) is 0.842. The molecule has 3 heteroatoms. The van der Waals surface area contributed by atoms with E-state index in [1.165, 1.54) is 12.8 Å². The second-order valence-corrected chi connectivity index (χ2v) is 6.18. The number of rotatable bonds is 3. The Balaban J connectivity index is 2.04. The zero-order chi connectivity index (χ0) is 11.6. The Hall–Kier alpha value is -0.0500. The Labute approximate surface area is 106 Å². The minimum absolute atomic E-state index is 0.643. The van der Waals surface area contributed by atoms with Crippen LogP contribution in [0.4, 0.5) is 0 Å². The second-order valence-electron chi connectivity index (χ2n) is 4.86. The lowest BCUT2D eigenvalue weighted by molar-refractivity contribution is -0.0119. The molecule has 0 bridgehead atoms. The molecule has 1 N–H and O–H groups in total. The Morgan fingerprint density at radius 3 is 2.69 bits per heavy atom. The maximum atomic E-state index is 10.6. The number of hydrogen-bond donors (Lipinski definition) is 1. The lowest BCUT2D eigenvalue weighted by Gasteiger charge is -2.35. The molecule has 1 aromatic heterocycles. The summed E-state index contributed by atoms with van der Waals surface area (Å²) in [6, 6.07) is 1.89. The highest BCUT2D eigenvalue weighted by molar-refractivity contribution is 7.10. The molecular formula is C13H19ClOS. The van der Waals surface area contributed by atoms with Crippen molar-refractivity contribution in [2.45, 2.75) is 51.0 Å². The van der Waals surface area contributed by atoms with Crippen LogP contribution in [-0.4, -0.2) is 5.11 Å². The van der Waals surface area contributed by atoms with Gasteiger partial charge in [-0.25, -0.2) is 0 Å². The van der Waals surface area contributed by atoms with E-state index >= 15 is 0 Å². The van der Waals surface area contributed by atoms with Gasteiger partial charge in [-0.1, -0.05) is 31.4 Å². The van der Waals surface area contributed by atoms with Gasteiger partial charge in [0.05, 0.1) is 9.90 Å². The third kappa shape index (κ3) is 2.44. The fraction of sp³-hybridized carbons (Fsp3) is 0.692. The van der Waals surface area contributed by atoms with Gasteiger partial charge in [-0.15, -0.1) is 11.3 Å². The summed E-state index contributed by atoms with van der Waals surface area (Å²) in [5.41, 5.74) is -0.643. The average Bonchev–Trinajstić information content (AvgIpc) is 2.69. The van der Waals surface area contributed by atoms with Gasteiger partial charge in [0.15, 0.2) is 0 Å². The van der Waals surface area contributed by atoms with Crippen LogP contribution in [0.1, 0.15) is 50.3 Å². The Morgan fingerprint density at radius 1 is 1.50 bits per heavy atom. The summed E-state index contributed by atoms with van der Waals surface area (Å²) in [5, 5.41) is 13.3. The molecule has 0 amide bonds. The fourth-order valence-corrected chi connectivity index (χ4v) is 4.10. The summed E-state index contributed by atoms with van der Waals surface area (Å²) in [5.74, 6) is 0.809. The smallest absolute Gasteiger partial charge is 0.100 e. The molecule has 1 aliphatic rings. The molecule has 2 rings (SSSR count). The summed E-state index contributed by atoms with van der Waals surface area (Å²) in [4.78, 5) is 0.976. The first-order chi connectivity index (χ1) is 7.65. The van der Waals surface area contributed by atoms with Crippen LogP contribution >= 0.6 is 22.9 Å². The Bertz CT molecular complexity index is 339. The van der Waals surface area contributed by atoms with Crippen LogP contribution in [0.3, 0.4) is 0 Å². The van der Waals surface area contributed by atoms with Crippen LogP contribution in [0.5, 0.6) is 0 Å². The average molecular weight is 259 g/mol. The second kappa shape index (κ2) is 5.07. The molecular weight excluding hydrogens is 240 g/mol. The predicted octanol–water partition coefficient (Wildman–Crippen LogP) is 4.58. The Morgan fingerprint density at radius 2 is 2.19 bits per heavy atom. The standard InChI is InChI=1S/C13H19ClOS/c1-2-3-10-4-7-13(15,8-5-10)12-11(14)6-9-16-12/h6,9-10,15H,2-5,7-8H2,1H3. The van der Waals surface area contributed by atoms with Gasteiger partial charge in [0.2, 0.25) is 0 Å². The number of hydrogen-bond acceptors (Lipinski definition) is 2. The van der Waals surface area contributed by atoms with E-state index in [0.717, 1.165) is 41.5 Å². The molecule has 0 saturated heterocycles. The molecule has 0 radical (unpaired) electrons. The molecule has 0 spiro atoms. The third-order valence-corrected chi connectivity index (χ3v) is 5.20. The van der Waals surface area contributed by atoms with Gasteiger partial charge >= 0.3 is 0 Å². The summed E-state index contributed by atoms with van der Waals surface area (Å²) in [6.45, 7) is 2.23. The molecule has 1 fully saturated rings. The highest BCUT2D eigenvalue weighted by Crippen LogP contribution is 2.45. The first kappa shape index (κ1) is 12.4. The van der Waals surface area contributed by atoms with Crippen LogP contribution < -0.4 is 0 Å². The zero-order valence-electron chi connectivity index (χ0n) is 9.71. The number of halogens is 1. The van der Waals surface area contributed by atoms with E-state index in [2.05, 4.69) is 6.92 Å². The van der Waals surface area contributed by atoms with Gasteiger partial charge in [0.1, 0.15) is 5.60 Å². The van der Waals surface area contributed by atoms with Gasteiger partial charge in [0, 0.05) is 0 Å². The molecule has 1 saturated carbocycles. The summed E-state index contributed by atoms with van der Waals surface area (Å²) >= 11 is 7.70. The van der Waals surface area contributed by atoms with Gasteiger partial charge in [-0.2, -0.15) is 0 Å². The molecule has 90 valence electrons. The summed E-state index contributed by atoms with van der Waals surface area (Å²) in [6.07, 6.45) is 6.57. The van der Waals surface area contributed by atoms with Gasteiger partial charge in [-0.05, 0) is 43.0 Å². The van der Waals surface area contributed by atoms with E-state index < -0.39 is 5.60 Å². The fourth-order valence-electron chi connectivity index (χ4n) is 2.70. The van der Waals surface area contributed by atoms with E-state index in [0.29, 0.717) is 0 Å². The predicted molar refractivity (Wildman–Crippen MR) is 70.1 cm³/mol. The van der Waals surface area contributed by atoms with Crippen molar-refractivity contribution >= 4 is 22.9 Å². The summed E-state index contributed by atoms with van der Waals surface area (Å²) in [7, 11) is 0. The van der Waals surface area contributed by atoms with Crippen molar-refractivity contribution in [1.29, 1.82) is 0 Å². The monoisotopic (exact) mass is 258 g/mol. The van der Waals surface area contributed by atoms with Crippen LogP contribution in [0.25, 0.3) is 0 Å². The van der Waals surface area contributed by atoms with Crippen molar-refractivity contribution in [3.8, 4) is 0 Å². The largest absolute Gasteiger partial charge is 0.384 e. The highest BCUT2D eigenvalue weighted by atomic mass is 35.5. The van der Waals surface area contributed by atoms with Crippen molar-refractivity contribution in [3.05, 3.63) is 21.3 Å². The molecule has 1 heterocycles. The number of aliphatic hydroxyl groups is 1. The van der Waals surface area contributed by atoms with Gasteiger partial charge < -0.3 is 5.11 Å². The summed E-state index contributed by atoms with van der Waals surface area (Å²) < 4.78 is 0. The zero-order valence-corrected chi connectivity index (χ0v) is 11.3. The maximum absolute atomic E-state index is 10.6. The molecule has 0 aromatic carbocycles. The van der Waals surface area contributed by atoms with Crippen molar-refractivity contribution < 1.29 is 5.11 Å². The molecule has 16 heavy (non-hydrogen) atoms. The molecule has 0 atom stereocenters. The molecule has 1 aromatic rings. The topological polar surface area (TPSA) is 20.2 Å². The third-order valence-electron chi connectivity index (χ3n) is 3.67. The molecule has 0 unspecified atom stereocenters. The van der Waals surface area contributed by atoms with E-state index in [9.17, 15) is 5.11 Å². The molecule has 1 aliphatic carbocycles. The first-order valence-electron chi connectivity index (χ1n) is 6.11. The van der Waals surface area contributed by atoms with E-state index in [1.807, 2.05) is 11.4 Å². The van der Waals surface area contributed by atoms with Crippen LogP contribution in [0.15, 0.2) is 11.4 Å². The van der Waals surface area contributed by atoms with E-state index in [-0.39, 0.29) is 0 Å². The van der Waals surface area contributed by atoms with E-state index in [1.54, 1.807) is 11.3 Å². The first-order valence-corrected chi connectivity index (χ1v) is 7.37. The van der Waals surface area contributed by atoms with Crippen LogP contribution in [0, 0.1) is 5.92 Å². The van der Waals surface area contributed by atoms with E-state index in [4.69, 9.17) is 11.6 Å². The highest BCUT2D eigenvalue weighted by Gasteiger charge is 2.36. The van der Waals surface area contributed by atoms with Crippen molar-refractivity contribution in [2.24, 2.45) is 5.92 Å². The van der Waals surface area contributed by atoms with Crippen LogP contribution in [0.2, 0.25) is 5.02 Å². The normalized spacial score (nSPS) is 30.6.